The van der Waals surface area contributed by atoms with Gasteiger partial charge in [-0.2, -0.15) is 0 Å². The second kappa shape index (κ2) is 21.0. The van der Waals surface area contributed by atoms with Gasteiger partial charge in [-0.25, -0.2) is 9.59 Å². The summed E-state index contributed by atoms with van der Waals surface area (Å²) in [6.07, 6.45) is 11.4. The third kappa shape index (κ3) is 20.9. The third-order valence-electron chi connectivity index (χ3n) is 3.23. The molecule has 0 aromatic heterocycles. The Morgan fingerprint density at radius 2 is 1.00 bits per heavy atom. The maximum atomic E-state index is 10.5. The fraction of sp³-hybridized carbons (Fsp3) is 0.889. The lowest BCUT2D eigenvalue weighted by Gasteiger charge is -2.16. The van der Waals surface area contributed by atoms with Gasteiger partial charge in [-0.15, -0.1) is 7.92 Å². The quantitative estimate of drug-likeness (QED) is 0.300. The van der Waals surface area contributed by atoms with Crippen LogP contribution in [0.1, 0.15) is 73.1 Å². The van der Waals surface area contributed by atoms with Crippen molar-refractivity contribution in [2.45, 2.75) is 73.1 Å². The van der Waals surface area contributed by atoms with Gasteiger partial charge in [-0.05, 0) is 51.6 Å². The minimum atomic E-state index is -0.898. The monoisotopic (exact) mass is 376 g/mol. The highest BCUT2D eigenvalue weighted by molar-refractivity contribution is 7.57. The molecule has 0 heterocycles. The zero-order valence-electron chi connectivity index (χ0n) is 16.8. The molecule has 7 heteroatoms. The molecule has 0 N–H and O–H groups in total. The molecule has 0 aliphatic rings. The van der Waals surface area contributed by atoms with Gasteiger partial charge in [0.15, 0.2) is 0 Å². The number of nitrogens with zero attached hydrogens (tertiary/aromatic N) is 2. The molecule has 0 spiro atoms. The molecule has 0 aliphatic carbocycles. The van der Waals surface area contributed by atoms with E-state index in [0.29, 0.717) is 7.92 Å². The third-order valence-corrected chi connectivity index (χ3v) is 6.08. The van der Waals surface area contributed by atoms with Gasteiger partial charge < -0.3 is 9.47 Å². The van der Waals surface area contributed by atoms with Crippen LogP contribution in [0.3, 0.4) is 0 Å². The molecule has 0 saturated carbocycles. The van der Waals surface area contributed by atoms with Gasteiger partial charge >= 0.3 is 12.2 Å². The second-order valence-corrected chi connectivity index (χ2v) is 8.18. The van der Waals surface area contributed by atoms with Crippen LogP contribution in [0.5, 0.6) is 0 Å². The maximum absolute atomic E-state index is 10.5. The van der Waals surface area contributed by atoms with Crippen LogP contribution in [0.25, 0.3) is 0 Å². The van der Waals surface area contributed by atoms with Crippen LogP contribution in [0.15, 0.2) is 10.2 Å². The first kappa shape index (κ1) is 26.2. The molecular weight excluding hydrogens is 339 g/mol. The van der Waals surface area contributed by atoms with Gasteiger partial charge in [-0.3, -0.25) is 0 Å². The molecule has 6 nitrogen and oxygen atoms in total. The number of unbranched alkanes of at least 4 members (excludes halogenated alkanes) is 3. The summed E-state index contributed by atoms with van der Waals surface area (Å²) in [7, 11) is 0.422. The molecule has 148 valence electrons. The first-order valence-electron chi connectivity index (χ1n) is 9.53. The van der Waals surface area contributed by atoms with E-state index in [4.69, 9.17) is 0 Å². The number of hydrogen-bond donors (Lipinski definition) is 0. The van der Waals surface area contributed by atoms with Crippen LogP contribution < -0.4 is 0 Å². The van der Waals surface area contributed by atoms with E-state index in [1.54, 1.807) is 32.3 Å². The maximum Gasteiger partial charge on any atom is 0.452 e. The SMILES string of the molecule is CCCCP(CCCC)CCCC.CCOC(=O)N=NC(=O)OCC. The highest BCUT2D eigenvalue weighted by Crippen LogP contribution is 2.38. The van der Waals surface area contributed by atoms with Crippen molar-refractivity contribution in [3.05, 3.63) is 0 Å². The fourth-order valence-electron chi connectivity index (χ4n) is 1.87. The Balaban J connectivity index is 0. The summed E-state index contributed by atoms with van der Waals surface area (Å²) in [5, 5.41) is 5.84. The van der Waals surface area contributed by atoms with Gasteiger partial charge in [-0.1, -0.05) is 50.3 Å². The van der Waals surface area contributed by atoms with E-state index in [9.17, 15) is 9.59 Å². The predicted molar refractivity (Wildman–Crippen MR) is 105 cm³/mol. The van der Waals surface area contributed by atoms with Crippen molar-refractivity contribution in [3.8, 4) is 0 Å². The molecule has 2 amide bonds. The smallest absolute Gasteiger partial charge is 0.447 e. The summed E-state index contributed by atoms with van der Waals surface area (Å²) in [4.78, 5) is 20.9. The molecule has 0 atom stereocenters. The number of rotatable bonds is 11. The Morgan fingerprint density at radius 3 is 1.24 bits per heavy atom. The van der Waals surface area contributed by atoms with Crippen LogP contribution in [0, 0.1) is 0 Å². The molecular formula is C18H37N2O4P. The summed E-state index contributed by atoms with van der Waals surface area (Å²) >= 11 is 0. The summed E-state index contributed by atoms with van der Waals surface area (Å²) < 4.78 is 8.73. The molecule has 0 aromatic rings. The van der Waals surface area contributed by atoms with Gasteiger partial charge in [0.25, 0.3) is 0 Å². The first-order chi connectivity index (χ1) is 12.0. The van der Waals surface area contributed by atoms with E-state index in [0.717, 1.165) is 0 Å². The number of carbonyl (C=O) groups is 2. The van der Waals surface area contributed by atoms with E-state index in [1.165, 1.54) is 38.5 Å². The Labute approximate surface area is 154 Å². The van der Waals surface area contributed by atoms with Crippen molar-refractivity contribution in [1.82, 2.24) is 0 Å². The average Bonchev–Trinajstić information content (AvgIpc) is 2.60. The van der Waals surface area contributed by atoms with Crippen LogP contribution in [-0.2, 0) is 9.47 Å². The standard InChI is InChI=1S/C12H27P.C6H10N2O4/c1-4-7-10-13(11-8-5-2)12-9-6-3;1-3-11-5(9)7-8-6(10)12-4-2/h4-12H2,1-3H3;3-4H2,1-2H3. The molecule has 0 rings (SSSR count). The number of carbonyl (C=O) groups excluding carboxylic acids is 2. The molecule has 0 aliphatic heterocycles. The Hall–Kier alpha value is -1.03. The molecule has 0 aromatic carbocycles. The zero-order chi connectivity index (χ0) is 19.3. The van der Waals surface area contributed by atoms with E-state index in [2.05, 4.69) is 40.5 Å². The van der Waals surface area contributed by atoms with Gasteiger partial charge in [0.2, 0.25) is 0 Å². The van der Waals surface area contributed by atoms with Crippen molar-refractivity contribution in [2.24, 2.45) is 10.2 Å². The van der Waals surface area contributed by atoms with Crippen LogP contribution in [0.2, 0.25) is 0 Å². The molecule has 25 heavy (non-hydrogen) atoms. The van der Waals surface area contributed by atoms with E-state index in [-0.39, 0.29) is 13.2 Å². The average molecular weight is 376 g/mol. The highest BCUT2D eigenvalue weighted by Gasteiger charge is 2.05. The minimum absolute atomic E-state index is 0.195. The van der Waals surface area contributed by atoms with Crippen LogP contribution in [0.4, 0.5) is 9.59 Å². The van der Waals surface area contributed by atoms with Gasteiger partial charge in [0.05, 0.1) is 13.2 Å². The summed E-state index contributed by atoms with van der Waals surface area (Å²) in [6, 6.07) is 0. The summed E-state index contributed by atoms with van der Waals surface area (Å²) in [5.74, 6) is 0. The molecule has 0 radical (unpaired) electrons. The van der Waals surface area contributed by atoms with E-state index < -0.39 is 12.2 Å². The topological polar surface area (TPSA) is 77.3 Å². The number of amides is 2. The van der Waals surface area contributed by atoms with Crippen molar-refractivity contribution in [3.63, 3.8) is 0 Å². The minimum Gasteiger partial charge on any atom is -0.447 e. The molecule has 0 saturated heterocycles. The second-order valence-electron chi connectivity index (χ2n) is 5.50. The lowest BCUT2D eigenvalue weighted by atomic mass is 10.4. The van der Waals surface area contributed by atoms with Crippen LogP contribution >= 0.6 is 7.92 Å². The Bertz CT molecular complexity index is 313. The normalized spacial score (nSPS) is 10.5. The van der Waals surface area contributed by atoms with Crippen molar-refractivity contribution in [1.29, 1.82) is 0 Å². The van der Waals surface area contributed by atoms with Crippen LogP contribution in [-0.4, -0.2) is 43.9 Å². The zero-order valence-corrected chi connectivity index (χ0v) is 17.6. The Kier molecular flexibility index (Phi) is 22.0. The van der Waals surface area contributed by atoms with Crippen molar-refractivity contribution in [2.75, 3.05) is 31.7 Å². The Morgan fingerprint density at radius 1 is 0.680 bits per heavy atom. The lowest BCUT2D eigenvalue weighted by Crippen LogP contribution is -2.00. The lowest BCUT2D eigenvalue weighted by molar-refractivity contribution is 0.152. The van der Waals surface area contributed by atoms with E-state index in [1.807, 2.05) is 0 Å². The van der Waals surface area contributed by atoms with E-state index >= 15 is 0 Å². The molecule has 0 unspecified atom stereocenters. The van der Waals surface area contributed by atoms with Crippen molar-refractivity contribution < 1.29 is 19.1 Å². The summed E-state index contributed by atoms with van der Waals surface area (Å²) in [6.45, 7) is 10.6. The number of ether oxygens (including phenoxy) is 2. The predicted octanol–water partition coefficient (Wildman–Crippen LogP) is 6.62. The molecule has 0 bridgehead atoms. The largest absolute Gasteiger partial charge is 0.452 e. The van der Waals surface area contributed by atoms with Gasteiger partial charge in [0.1, 0.15) is 0 Å². The van der Waals surface area contributed by atoms with Gasteiger partial charge in [0, 0.05) is 0 Å². The molecule has 0 fully saturated rings. The fourth-order valence-corrected chi connectivity index (χ4v) is 4.83. The summed E-state index contributed by atoms with van der Waals surface area (Å²) in [5.41, 5.74) is 0. The number of azo groups is 1. The number of hydrogen-bond acceptors (Lipinski definition) is 4. The highest BCUT2D eigenvalue weighted by atomic mass is 31.1. The van der Waals surface area contributed by atoms with Crippen molar-refractivity contribution >= 4 is 20.1 Å². The first-order valence-corrected chi connectivity index (χ1v) is 11.4.